The fourth-order valence-electron chi connectivity index (χ4n) is 4.34. The minimum atomic E-state index is -0.939. The van der Waals surface area contributed by atoms with Crippen molar-refractivity contribution in [3.63, 3.8) is 0 Å². The molecule has 0 saturated heterocycles. The molecule has 0 N–H and O–H groups in total. The Labute approximate surface area is 213 Å². The normalized spacial score (nSPS) is 19.4. The summed E-state index contributed by atoms with van der Waals surface area (Å²) < 4.78 is 60.4. The molecule has 36 heavy (non-hydrogen) atoms. The van der Waals surface area contributed by atoms with Gasteiger partial charge in [-0.1, -0.05) is 49.1 Å². The molecule has 0 atom stereocenters. The molecule has 0 unspecified atom stereocenters. The SMILES string of the molecule is C=C/C=C(OC)\C(F)=C/COCc1ccc(C(=C)/C(F)=C(/F)C(=C(C)C)C2CCC(OC)CC2)cc1. The highest BCUT2D eigenvalue weighted by atomic mass is 19.2. The number of ether oxygens (including phenoxy) is 3. The zero-order valence-electron chi connectivity index (χ0n) is 21.7. The van der Waals surface area contributed by atoms with E-state index in [1.54, 1.807) is 31.4 Å². The highest BCUT2D eigenvalue weighted by Crippen LogP contribution is 2.40. The monoisotopic (exact) mass is 502 g/mol. The Bertz CT molecular complexity index is 1020. The second kappa shape index (κ2) is 14.7. The van der Waals surface area contributed by atoms with Crippen LogP contribution in [0.4, 0.5) is 13.2 Å². The van der Waals surface area contributed by atoms with Crippen LogP contribution in [0.2, 0.25) is 0 Å². The first-order valence-electron chi connectivity index (χ1n) is 12.1. The Morgan fingerprint density at radius 1 is 1.00 bits per heavy atom. The number of hydrogen-bond acceptors (Lipinski definition) is 3. The minimum absolute atomic E-state index is 0.00426. The van der Waals surface area contributed by atoms with Crippen molar-refractivity contribution in [3.8, 4) is 0 Å². The lowest BCUT2D eigenvalue weighted by Gasteiger charge is -2.30. The molecule has 196 valence electrons. The van der Waals surface area contributed by atoms with Gasteiger partial charge >= 0.3 is 0 Å². The molecule has 0 aromatic heterocycles. The zero-order chi connectivity index (χ0) is 26.7. The maximum Gasteiger partial charge on any atom is 0.166 e. The third-order valence-corrected chi connectivity index (χ3v) is 6.32. The largest absolute Gasteiger partial charge is 0.494 e. The molecule has 1 aromatic rings. The van der Waals surface area contributed by atoms with Crippen LogP contribution in [0.3, 0.4) is 0 Å². The maximum absolute atomic E-state index is 15.4. The second-order valence-corrected chi connectivity index (χ2v) is 8.96. The molecular formula is C30H37F3O3. The number of halogens is 3. The van der Waals surface area contributed by atoms with Crippen molar-refractivity contribution in [1.29, 1.82) is 0 Å². The molecule has 0 radical (unpaired) electrons. The van der Waals surface area contributed by atoms with Crippen molar-refractivity contribution in [2.75, 3.05) is 20.8 Å². The number of allylic oxidation sites excluding steroid dienone is 8. The summed E-state index contributed by atoms with van der Waals surface area (Å²) in [4.78, 5) is 0. The fraction of sp³-hybridized carbons (Fsp3) is 0.400. The van der Waals surface area contributed by atoms with E-state index in [-0.39, 0.29) is 36.6 Å². The van der Waals surface area contributed by atoms with Crippen molar-refractivity contribution in [3.05, 3.63) is 101 Å². The molecule has 0 heterocycles. The third-order valence-electron chi connectivity index (χ3n) is 6.32. The average Bonchev–Trinajstić information content (AvgIpc) is 2.89. The van der Waals surface area contributed by atoms with Crippen LogP contribution in [-0.2, 0) is 20.8 Å². The van der Waals surface area contributed by atoms with E-state index >= 15 is 8.78 Å². The van der Waals surface area contributed by atoms with Crippen LogP contribution in [0.5, 0.6) is 0 Å². The average molecular weight is 503 g/mol. The summed E-state index contributed by atoms with van der Waals surface area (Å²) in [6.07, 6.45) is 7.48. The number of hydrogen-bond donors (Lipinski definition) is 0. The third kappa shape index (κ3) is 8.10. The Morgan fingerprint density at radius 3 is 2.17 bits per heavy atom. The predicted octanol–water partition coefficient (Wildman–Crippen LogP) is 8.48. The van der Waals surface area contributed by atoms with E-state index in [2.05, 4.69) is 13.2 Å². The van der Waals surface area contributed by atoms with Gasteiger partial charge in [-0.25, -0.2) is 13.2 Å². The van der Waals surface area contributed by atoms with Crippen LogP contribution in [0.15, 0.2) is 90.0 Å². The van der Waals surface area contributed by atoms with Crippen LogP contribution in [0.1, 0.15) is 50.7 Å². The van der Waals surface area contributed by atoms with Gasteiger partial charge in [0.05, 0.1) is 26.4 Å². The Morgan fingerprint density at radius 2 is 1.64 bits per heavy atom. The summed E-state index contributed by atoms with van der Waals surface area (Å²) in [6.45, 7) is 11.2. The topological polar surface area (TPSA) is 27.7 Å². The van der Waals surface area contributed by atoms with Gasteiger partial charge < -0.3 is 14.2 Å². The van der Waals surface area contributed by atoms with Crippen LogP contribution >= 0.6 is 0 Å². The molecule has 0 amide bonds. The molecule has 0 aliphatic heterocycles. The van der Waals surface area contributed by atoms with E-state index in [0.717, 1.165) is 36.8 Å². The summed E-state index contributed by atoms with van der Waals surface area (Å²) >= 11 is 0. The number of benzene rings is 1. The second-order valence-electron chi connectivity index (χ2n) is 8.96. The minimum Gasteiger partial charge on any atom is -0.494 e. The molecule has 0 bridgehead atoms. The summed E-state index contributed by atoms with van der Waals surface area (Å²) in [5.74, 6) is -2.28. The summed E-state index contributed by atoms with van der Waals surface area (Å²) in [6, 6.07) is 6.84. The lowest BCUT2D eigenvalue weighted by atomic mass is 9.80. The first-order valence-corrected chi connectivity index (χ1v) is 12.1. The van der Waals surface area contributed by atoms with Gasteiger partial charge in [0.1, 0.15) is 0 Å². The molecule has 1 aliphatic rings. The van der Waals surface area contributed by atoms with Gasteiger partial charge in [-0.3, -0.25) is 0 Å². The molecule has 6 heteroatoms. The van der Waals surface area contributed by atoms with E-state index in [4.69, 9.17) is 14.2 Å². The summed E-state index contributed by atoms with van der Waals surface area (Å²) in [5.41, 5.74) is 2.49. The molecule has 1 aliphatic carbocycles. The first kappa shape index (κ1) is 29.4. The fourth-order valence-corrected chi connectivity index (χ4v) is 4.34. The predicted molar refractivity (Wildman–Crippen MR) is 140 cm³/mol. The number of methoxy groups -OCH3 is 2. The van der Waals surface area contributed by atoms with Crippen molar-refractivity contribution in [2.45, 2.75) is 52.2 Å². The Kier molecular flexibility index (Phi) is 12.0. The van der Waals surface area contributed by atoms with Crippen molar-refractivity contribution in [2.24, 2.45) is 5.92 Å². The Hall–Kier alpha value is -2.83. The molecular weight excluding hydrogens is 465 g/mol. The highest BCUT2D eigenvalue weighted by Gasteiger charge is 2.28. The number of rotatable bonds is 12. The molecule has 3 nitrogen and oxygen atoms in total. The lowest BCUT2D eigenvalue weighted by Crippen LogP contribution is -2.22. The van der Waals surface area contributed by atoms with E-state index in [9.17, 15) is 4.39 Å². The van der Waals surface area contributed by atoms with Gasteiger partial charge in [0, 0.05) is 12.7 Å². The first-order chi connectivity index (χ1) is 17.2. The molecule has 1 aromatic carbocycles. The summed E-state index contributed by atoms with van der Waals surface area (Å²) in [7, 11) is 3.06. The van der Waals surface area contributed by atoms with Gasteiger partial charge in [-0.05, 0) is 74.3 Å². The van der Waals surface area contributed by atoms with Crippen molar-refractivity contribution < 1.29 is 27.4 Å². The quantitative estimate of drug-likeness (QED) is 0.163. The van der Waals surface area contributed by atoms with E-state index in [0.29, 0.717) is 11.1 Å². The van der Waals surface area contributed by atoms with Crippen molar-refractivity contribution in [1.82, 2.24) is 0 Å². The van der Waals surface area contributed by atoms with E-state index < -0.39 is 17.5 Å². The van der Waals surface area contributed by atoms with Gasteiger partial charge in [0.2, 0.25) is 0 Å². The van der Waals surface area contributed by atoms with Gasteiger partial charge in [-0.2, -0.15) is 0 Å². The lowest BCUT2D eigenvalue weighted by molar-refractivity contribution is 0.0611. The van der Waals surface area contributed by atoms with Gasteiger partial charge in [0.25, 0.3) is 0 Å². The molecule has 0 spiro atoms. The van der Waals surface area contributed by atoms with Crippen LogP contribution in [-0.4, -0.2) is 26.9 Å². The van der Waals surface area contributed by atoms with E-state index in [1.165, 1.54) is 25.3 Å². The summed E-state index contributed by atoms with van der Waals surface area (Å²) in [5, 5.41) is 0. The highest BCUT2D eigenvalue weighted by molar-refractivity contribution is 5.76. The Balaban J connectivity index is 2.04. The van der Waals surface area contributed by atoms with Gasteiger partial charge in [-0.15, -0.1) is 0 Å². The maximum atomic E-state index is 15.4. The molecule has 1 saturated carbocycles. The van der Waals surface area contributed by atoms with Crippen LogP contribution in [0, 0.1) is 5.92 Å². The van der Waals surface area contributed by atoms with Crippen LogP contribution < -0.4 is 0 Å². The molecule has 2 rings (SSSR count). The van der Waals surface area contributed by atoms with Gasteiger partial charge in [0.15, 0.2) is 23.2 Å². The van der Waals surface area contributed by atoms with E-state index in [1.807, 2.05) is 13.8 Å². The smallest absolute Gasteiger partial charge is 0.166 e. The molecule has 1 fully saturated rings. The van der Waals surface area contributed by atoms with Crippen molar-refractivity contribution >= 4 is 5.57 Å². The zero-order valence-corrected chi connectivity index (χ0v) is 21.7. The standard InChI is InChI=1S/C30H37F3O3/c1-7-8-27(35-6)26(31)17-18-36-19-22-9-11-23(12-10-22)21(4)29(32)30(33)28(20(2)3)24-13-15-25(34-5)16-14-24/h7-12,17,24-25H,1,4,13-16,18-19H2,2-3,5-6H3/b26-17+,27-8+,30-29-. The van der Waals surface area contributed by atoms with Crippen LogP contribution in [0.25, 0.3) is 5.57 Å².